The monoisotopic (exact) mass is 549 g/mol. The van der Waals surface area contributed by atoms with Gasteiger partial charge in [0.05, 0.1) is 6.54 Å². The van der Waals surface area contributed by atoms with E-state index in [0.29, 0.717) is 12.2 Å². The molecule has 1 aliphatic heterocycles. The third-order valence-electron chi connectivity index (χ3n) is 4.95. The third-order valence-corrected chi connectivity index (χ3v) is 4.95. The van der Waals surface area contributed by atoms with Crippen molar-refractivity contribution in [2.75, 3.05) is 42.9 Å². The first-order chi connectivity index (χ1) is 14.3. The molecule has 10 heteroatoms. The van der Waals surface area contributed by atoms with Gasteiger partial charge in [0.25, 0.3) is 0 Å². The summed E-state index contributed by atoms with van der Waals surface area (Å²) in [5, 5.41) is 2.88. The summed E-state index contributed by atoms with van der Waals surface area (Å²) >= 11 is 0. The average Bonchev–Trinajstić information content (AvgIpc) is 2.73. The number of ether oxygens (including phenoxy) is 1. The van der Waals surface area contributed by atoms with Crippen LogP contribution in [0.25, 0.3) is 0 Å². The van der Waals surface area contributed by atoms with E-state index in [4.69, 9.17) is 5.73 Å². The first kappa shape index (κ1) is 25.1. The number of nitrogens with zero attached hydrogens (tertiary/aromatic N) is 3. The fourth-order valence-electron chi connectivity index (χ4n) is 3.33. The molecular weight excluding hydrogens is 522 g/mol. The Morgan fingerprint density at radius 3 is 2.26 bits per heavy atom. The molecule has 0 aromatic heterocycles. The first-order valence-corrected chi connectivity index (χ1v) is 9.77. The van der Waals surface area contributed by atoms with Crippen molar-refractivity contribution < 1.29 is 17.9 Å². The van der Waals surface area contributed by atoms with Crippen molar-refractivity contribution in [1.82, 2.24) is 4.90 Å². The number of anilines is 2. The molecular formula is C21H27F3IN5O. The van der Waals surface area contributed by atoms with Gasteiger partial charge in [-0.1, -0.05) is 18.2 Å². The number of nitrogens with one attached hydrogen (secondary N) is 1. The lowest BCUT2D eigenvalue weighted by atomic mass is 10.2. The molecule has 0 saturated carbocycles. The van der Waals surface area contributed by atoms with Crippen LogP contribution in [0.4, 0.5) is 24.5 Å². The Labute approximate surface area is 197 Å². The number of hydrogen-bond donors (Lipinski definition) is 2. The number of piperazine rings is 1. The van der Waals surface area contributed by atoms with Crippen molar-refractivity contribution in [2.45, 2.75) is 19.3 Å². The van der Waals surface area contributed by atoms with Gasteiger partial charge in [-0.25, -0.2) is 0 Å². The number of halogens is 4. The quantitative estimate of drug-likeness (QED) is 0.322. The Morgan fingerprint density at radius 1 is 1.06 bits per heavy atom. The maximum atomic E-state index is 12.2. The minimum Gasteiger partial charge on any atom is -0.406 e. The molecule has 1 heterocycles. The zero-order valence-corrected chi connectivity index (χ0v) is 19.5. The smallest absolute Gasteiger partial charge is 0.406 e. The Hall–Kier alpha value is -2.21. The molecule has 0 bridgehead atoms. The highest BCUT2D eigenvalue weighted by Crippen LogP contribution is 2.24. The van der Waals surface area contributed by atoms with Gasteiger partial charge in [-0.2, -0.15) is 0 Å². The van der Waals surface area contributed by atoms with E-state index >= 15 is 0 Å². The summed E-state index contributed by atoms with van der Waals surface area (Å²) in [6.07, 6.45) is -4.71. The summed E-state index contributed by atoms with van der Waals surface area (Å²) in [5.74, 6) is -0.0684. The van der Waals surface area contributed by atoms with E-state index in [-0.39, 0.29) is 41.7 Å². The average molecular weight is 549 g/mol. The number of rotatable bonds is 6. The predicted molar refractivity (Wildman–Crippen MR) is 128 cm³/mol. The van der Waals surface area contributed by atoms with E-state index in [9.17, 15) is 13.2 Å². The van der Waals surface area contributed by atoms with Crippen LogP contribution in [0.5, 0.6) is 5.75 Å². The Morgan fingerprint density at radius 2 is 1.68 bits per heavy atom. The number of guanidine groups is 1. The highest BCUT2D eigenvalue weighted by molar-refractivity contribution is 14.0. The molecule has 0 aliphatic carbocycles. The summed E-state index contributed by atoms with van der Waals surface area (Å²) in [6.45, 7) is 6.44. The zero-order valence-electron chi connectivity index (χ0n) is 17.2. The van der Waals surface area contributed by atoms with Crippen molar-refractivity contribution >= 4 is 41.3 Å². The second-order valence-corrected chi connectivity index (χ2v) is 7.13. The standard InChI is InChI=1S/C21H26F3N5O.HI/c1-16(28-11-13-29(14-12-28)18-5-3-2-4-6-18)15-26-20(25)27-17-7-9-19(10-8-17)30-21(22,23)24;/h2-10,16H,11-15H2,1H3,(H3,25,26,27);1H. The summed E-state index contributed by atoms with van der Waals surface area (Å²) in [6, 6.07) is 15.9. The van der Waals surface area contributed by atoms with Gasteiger partial charge in [-0.15, -0.1) is 37.1 Å². The third kappa shape index (κ3) is 8.09. The molecule has 2 aromatic rings. The fourth-order valence-corrected chi connectivity index (χ4v) is 3.33. The molecule has 2 aromatic carbocycles. The minimum absolute atomic E-state index is 0. The lowest BCUT2D eigenvalue weighted by molar-refractivity contribution is -0.274. The lowest BCUT2D eigenvalue weighted by Crippen LogP contribution is -2.50. The van der Waals surface area contributed by atoms with Gasteiger partial charge in [0.1, 0.15) is 5.75 Å². The van der Waals surface area contributed by atoms with Crippen LogP contribution < -0.4 is 20.7 Å². The predicted octanol–water partition coefficient (Wildman–Crippen LogP) is 4.14. The minimum atomic E-state index is -4.71. The van der Waals surface area contributed by atoms with Gasteiger partial charge in [0.2, 0.25) is 0 Å². The van der Waals surface area contributed by atoms with Gasteiger partial charge in [0, 0.05) is 43.6 Å². The van der Waals surface area contributed by atoms with Crippen LogP contribution in [0, 0.1) is 0 Å². The Balaban J connectivity index is 0.00000341. The SMILES string of the molecule is CC(CN=C(N)Nc1ccc(OC(F)(F)F)cc1)N1CCN(c2ccccc2)CC1.I. The second kappa shape index (κ2) is 11.4. The Bertz CT molecular complexity index is 825. The maximum Gasteiger partial charge on any atom is 0.573 e. The molecule has 170 valence electrons. The van der Waals surface area contributed by atoms with E-state index in [2.05, 4.69) is 43.9 Å². The molecule has 3 N–H and O–H groups in total. The van der Waals surface area contributed by atoms with E-state index in [1.165, 1.54) is 30.0 Å². The summed E-state index contributed by atoms with van der Waals surface area (Å²) in [4.78, 5) is 9.11. The van der Waals surface area contributed by atoms with Crippen molar-refractivity contribution in [3.8, 4) is 5.75 Å². The molecule has 6 nitrogen and oxygen atoms in total. The Kier molecular flexibility index (Phi) is 9.23. The van der Waals surface area contributed by atoms with E-state index < -0.39 is 6.36 Å². The van der Waals surface area contributed by atoms with Crippen molar-refractivity contribution in [1.29, 1.82) is 0 Å². The molecule has 31 heavy (non-hydrogen) atoms. The van der Waals surface area contributed by atoms with Gasteiger partial charge < -0.3 is 20.7 Å². The van der Waals surface area contributed by atoms with Crippen LogP contribution in [-0.4, -0.2) is 56.0 Å². The number of nitrogens with two attached hydrogens (primary N) is 1. The molecule has 3 rings (SSSR count). The van der Waals surface area contributed by atoms with E-state index in [0.717, 1.165) is 26.2 Å². The molecule has 1 aliphatic rings. The van der Waals surface area contributed by atoms with E-state index in [1.54, 1.807) is 0 Å². The molecule has 1 fully saturated rings. The highest BCUT2D eigenvalue weighted by atomic mass is 127. The summed E-state index contributed by atoms with van der Waals surface area (Å²) < 4.78 is 40.5. The van der Waals surface area contributed by atoms with Crippen LogP contribution in [0.1, 0.15) is 6.92 Å². The zero-order chi connectivity index (χ0) is 21.6. The number of alkyl halides is 3. The van der Waals surface area contributed by atoms with Crippen LogP contribution in [0.3, 0.4) is 0 Å². The highest BCUT2D eigenvalue weighted by Gasteiger charge is 2.31. The van der Waals surface area contributed by atoms with E-state index in [1.807, 2.05) is 18.2 Å². The van der Waals surface area contributed by atoms with Gasteiger partial charge in [-0.3, -0.25) is 9.89 Å². The number of hydrogen-bond acceptors (Lipinski definition) is 4. The van der Waals surface area contributed by atoms with Crippen LogP contribution in [0.2, 0.25) is 0 Å². The van der Waals surface area contributed by atoms with Crippen molar-refractivity contribution in [2.24, 2.45) is 10.7 Å². The molecule has 0 radical (unpaired) electrons. The van der Waals surface area contributed by atoms with Gasteiger partial charge in [0.15, 0.2) is 5.96 Å². The van der Waals surface area contributed by atoms with Gasteiger partial charge >= 0.3 is 6.36 Å². The largest absolute Gasteiger partial charge is 0.573 e. The summed E-state index contributed by atoms with van der Waals surface area (Å²) in [7, 11) is 0. The van der Waals surface area contributed by atoms with Crippen molar-refractivity contribution in [3.63, 3.8) is 0 Å². The maximum absolute atomic E-state index is 12.2. The van der Waals surface area contributed by atoms with Crippen molar-refractivity contribution in [3.05, 3.63) is 54.6 Å². The number of aliphatic imine (C=N–C) groups is 1. The topological polar surface area (TPSA) is 66.1 Å². The molecule has 1 unspecified atom stereocenters. The van der Waals surface area contributed by atoms with Gasteiger partial charge in [-0.05, 0) is 43.3 Å². The van der Waals surface area contributed by atoms with Crippen LogP contribution >= 0.6 is 24.0 Å². The molecule has 0 amide bonds. The van der Waals surface area contributed by atoms with Crippen LogP contribution in [0.15, 0.2) is 59.6 Å². The fraction of sp³-hybridized carbons (Fsp3) is 0.381. The number of para-hydroxylation sites is 1. The molecule has 0 spiro atoms. The normalized spacial score (nSPS) is 16.4. The van der Waals surface area contributed by atoms with Crippen LogP contribution in [-0.2, 0) is 0 Å². The first-order valence-electron chi connectivity index (χ1n) is 9.77. The lowest BCUT2D eigenvalue weighted by Gasteiger charge is -2.38. The number of benzene rings is 2. The molecule has 1 saturated heterocycles. The summed E-state index contributed by atoms with van der Waals surface area (Å²) in [5.41, 5.74) is 7.70. The second-order valence-electron chi connectivity index (χ2n) is 7.13. The molecule has 1 atom stereocenters.